The van der Waals surface area contributed by atoms with Crippen LogP contribution in [0.5, 0.6) is 0 Å². The normalized spacial score (nSPS) is 19.9. The van der Waals surface area contributed by atoms with Crippen molar-refractivity contribution in [2.24, 2.45) is 0 Å². The zero-order chi connectivity index (χ0) is 13.1. The maximum absolute atomic E-state index is 13.6. The van der Waals surface area contributed by atoms with Crippen LogP contribution in [0.3, 0.4) is 0 Å². The smallest absolute Gasteiger partial charge is 0.257 e. The van der Waals surface area contributed by atoms with Gasteiger partial charge in [-0.2, -0.15) is 0 Å². The average molecular weight is 320 g/mol. The van der Waals surface area contributed by atoms with Crippen molar-refractivity contribution in [2.75, 3.05) is 25.1 Å². The van der Waals surface area contributed by atoms with Crippen molar-refractivity contribution in [3.05, 3.63) is 35.4 Å². The summed E-state index contributed by atoms with van der Waals surface area (Å²) < 4.78 is 31.9. The lowest BCUT2D eigenvalue weighted by atomic mass is 10.1. The Morgan fingerprint density at radius 2 is 2.28 bits per heavy atom. The number of hydrogen-bond donors (Lipinski definition) is 0. The van der Waals surface area contributed by atoms with Crippen molar-refractivity contribution in [3.63, 3.8) is 0 Å². The Bertz CT molecular complexity index is 456. The number of alkyl halides is 1. The maximum Gasteiger partial charge on any atom is 0.257 e. The van der Waals surface area contributed by atoms with Gasteiger partial charge in [-0.1, -0.05) is 22.0 Å². The molecule has 1 aliphatic rings. The minimum atomic E-state index is -1.10. The zero-order valence-electron chi connectivity index (χ0n) is 9.54. The first kappa shape index (κ1) is 13.4. The van der Waals surface area contributed by atoms with Crippen LogP contribution in [-0.2, 0) is 4.74 Å². The van der Waals surface area contributed by atoms with Crippen molar-refractivity contribution in [2.45, 2.75) is 6.04 Å². The summed E-state index contributed by atoms with van der Waals surface area (Å²) in [4.78, 5) is 13.7. The van der Waals surface area contributed by atoms with E-state index in [0.29, 0.717) is 25.1 Å². The van der Waals surface area contributed by atoms with E-state index in [2.05, 4.69) is 15.9 Å². The maximum atomic E-state index is 13.6. The molecule has 0 N–H and O–H groups in total. The Balaban J connectivity index is 2.27. The van der Waals surface area contributed by atoms with Gasteiger partial charge in [0.05, 0.1) is 24.8 Å². The summed E-state index contributed by atoms with van der Waals surface area (Å²) in [5.41, 5.74) is -0.233. The van der Waals surface area contributed by atoms with Gasteiger partial charge >= 0.3 is 0 Å². The number of halogens is 3. The predicted molar refractivity (Wildman–Crippen MR) is 65.8 cm³/mol. The van der Waals surface area contributed by atoms with Crippen molar-refractivity contribution < 1.29 is 18.3 Å². The summed E-state index contributed by atoms with van der Waals surface area (Å²) in [6.45, 7) is 1.19. The zero-order valence-corrected chi connectivity index (χ0v) is 11.1. The number of carbonyl (C=O) groups excluding carboxylic acids is 1. The molecule has 1 fully saturated rings. The molecule has 0 bridgehead atoms. The molecule has 6 heteroatoms. The lowest BCUT2D eigenvalue weighted by molar-refractivity contribution is 0.00495. The van der Waals surface area contributed by atoms with E-state index >= 15 is 0 Å². The van der Waals surface area contributed by atoms with Gasteiger partial charge in [0.15, 0.2) is 11.6 Å². The van der Waals surface area contributed by atoms with Crippen LogP contribution in [0, 0.1) is 11.6 Å². The fourth-order valence-electron chi connectivity index (χ4n) is 1.87. The molecule has 3 nitrogen and oxygen atoms in total. The Hall–Kier alpha value is -1.01. The predicted octanol–water partition coefficient (Wildman–Crippen LogP) is 2.20. The van der Waals surface area contributed by atoms with Crippen LogP contribution in [0.2, 0.25) is 0 Å². The van der Waals surface area contributed by atoms with E-state index in [0.717, 1.165) is 6.07 Å². The largest absolute Gasteiger partial charge is 0.377 e. The van der Waals surface area contributed by atoms with Crippen LogP contribution in [-0.4, -0.2) is 41.9 Å². The second-order valence-electron chi connectivity index (χ2n) is 3.98. The van der Waals surface area contributed by atoms with Gasteiger partial charge in [-0.15, -0.1) is 0 Å². The van der Waals surface area contributed by atoms with Gasteiger partial charge in [-0.05, 0) is 12.1 Å². The SMILES string of the molecule is O=C(c1cccc(F)c1F)N1CCOCC1CBr. The number of amides is 1. The molecule has 2 rings (SSSR count). The first-order valence-corrected chi connectivity index (χ1v) is 6.66. The third kappa shape index (κ3) is 2.54. The first-order chi connectivity index (χ1) is 8.65. The molecule has 1 aliphatic heterocycles. The van der Waals surface area contributed by atoms with Gasteiger partial charge in [0.25, 0.3) is 5.91 Å². The topological polar surface area (TPSA) is 29.5 Å². The summed E-state index contributed by atoms with van der Waals surface area (Å²) in [6.07, 6.45) is 0. The van der Waals surface area contributed by atoms with Gasteiger partial charge in [-0.3, -0.25) is 4.79 Å². The summed E-state index contributed by atoms with van der Waals surface area (Å²) in [5.74, 6) is -2.61. The van der Waals surface area contributed by atoms with Gasteiger partial charge in [-0.25, -0.2) is 8.78 Å². The summed E-state index contributed by atoms with van der Waals surface area (Å²) in [6, 6.07) is 3.46. The van der Waals surface area contributed by atoms with E-state index in [4.69, 9.17) is 4.74 Å². The van der Waals surface area contributed by atoms with Crippen molar-refractivity contribution in [3.8, 4) is 0 Å². The Labute approximate surface area is 112 Å². The molecule has 1 aromatic rings. The summed E-state index contributed by atoms with van der Waals surface area (Å²) >= 11 is 3.28. The van der Waals surface area contributed by atoms with Gasteiger partial charge < -0.3 is 9.64 Å². The van der Waals surface area contributed by atoms with E-state index in [1.807, 2.05) is 0 Å². The fourth-order valence-corrected chi connectivity index (χ4v) is 2.41. The molecule has 98 valence electrons. The quantitative estimate of drug-likeness (QED) is 0.782. The highest BCUT2D eigenvalue weighted by Crippen LogP contribution is 2.18. The number of hydrogen-bond acceptors (Lipinski definition) is 2. The molecule has 1 atom stereocenters. The third-order valence-corrected chi connectivity index (χ3v) is 3.60. The average Bonchev–Trinajstić information content (AvgIpc) is 2.41. The molecule has 0 radical (unpaired) electrons. The molecule has 18 heavy (non-hydrogen) atoms. The second kappa shape index (κ2) is 5.75. The van der Waals surface area contributed by atoms with Crippen LogP contribution in [0.4, 0.5) is 8.78 Å². The second-order valence-corrected chi connectivity index (χ2v) is 4.63. The summed E-state index contributed by atoms with van der Waals surface area (Å²) in [5, 5.41) is 0.537. The van der Waals surface area contributed by atoms with Crippen molar-refractivity contribution in [1.29, 1.82) is 0 Å². The van der Waals surface area contributed by atoms with Crippen LogP contribution < -0.4 is 0 Å². The molecule has 0 spiro atoms. The molecule has 0 aliphatic carbocycles. The number of ether oxygens (including phenoxy) is 1. The lowest BCUT2D eigenvalue weighted by Gasteiger charge is -2.34. The first-order valence-electron chi connectivity index (χ1n) is 5.54. The molecule has 1 amide bonds. The highest BCUT2D eigenvalue weighted by molar-refractivity contribution is 9.09. The van der Waals surface area contributed by atoms with Crippen LogP contribution >= 0.6 is 15.9 Å². The molecule has 1 unspecified atom stereocenters. The van der Waals surface area contributed by atoms with Crippen LogP contribution in [0.15, 0.2) is 18.2 Å². The van der Waals surface area contributed by atoms with Crippen molar-refractivity contribution in [1.82, 2.24) is 4.90 Å². The molecule has 0 aromatic heterocycles. The van der Waals surface area contributed by atoms with E-state index in [1.54, 1.807) is 0 Å². The monoisotopic (exact) mass is 319 g/mol. The van der Waals surface area contributed by atoms with E-state index in [1.165, 1.54) is 17.0 Å². The van der Waals surface area contributed by atoms with Crippen LogP contribution in [0.1, 0.15) is 10.4 Å². The highest BCUT2D eigenvalue weighted by Gasteiger charge is 2.29. The number of nitrogens with zero attached hydrogens (tertiary/aromatic N) is 1. The van der Waals surface area contributed by atoms with Gasteiger partial charge in [0, 0.05) is 11.9 Å². The Morgan fingerprint density at radius 1 is 1.50 bits per heavy atom. The number of benzene rings is 1. The van der Waals surface area contributed by atoms with Gasteiger partial charge in [0.2, 0.25) is 0 Å². The third-order valence-electron chi connectivity index (χ3n) is 2.85. The standard InChI is InChI=1S/C12H12BrF2NO2/c13-6-8-7-18-5-4-16(8)12(17)9-2-1-3-10(14)11(9)15/h1-3,8H,4-7H2. The van der Waals surface area contributed by atoms with Crippen molar-refractivity contribution >= 4 is 21.8 Å². The van der Waals surface area contributed by atoms with E-state index in [9.17, 15) is 13.6 Å². The molecular weight excluding hydrogens is 308 g/mol. The van der Waals surface area contributed by atoms with E-state index < -0.39 is 17.5 Å². The van der Waals surface area contributed by atoms with Gasteiger partial charge in [0.1, 0.15) is 0 Å². The molecule has 0 saturated carbocycles. The van der Waals surface area contributed by atoms with E-state index in [-0.39, 0.29) is 11.6 Å². The minimum Gasteiger partial charge on any atom is -0.377 e. The number of morpholine rings is 1. The Morgan fingerprint density at radius 3 is 3.00 bits per heavy atom. The molecular formula is C12H12BrF2NO2. The Kier molecular flexibility index (Phi) is 4.29. The fraction of sp³-hybridized carbons (Fsp3) is 0.417. The minimum absolute atomic E-state index is 0.158. The lowest BCUT2D eigenvalue weighted by Crippen LogP contribution is -2.49. The summed E-state index contributed by atoms with van der Waals surface area (Å²) in [7, 11) is 0. The number of rotatable bonds is 2. The molecule has 1 aromatic carbocycles. The van der Waals surface area contributed by atoms with Crippen LogP contribution in [0.25, 0.3) is 0 Å². The molecule has 1 heterocycles. The highest BCUT2D eigenvalue weighted by atomic mass is 79.9. The molecule has 1 saturated heterocycles. The number of carbonyl (C=O) groups is 1.